The fraction of sp³-hybridized carbons (Fsp3) is 0.333. The zero-order chi connectivity index (χ0) is 20.5. The number of hydrogen-bond donors (Lipinski definition) is 3. The third-order valence-corrected chi connectivity index (χ3v) is 5.86. The molecule has 2 aromatic heterocycles. The van der Waals surface area contributed by atoms with Gasteiger partial charge in [-0.25, -0.2) is 9.97 Å². The van der Waals surface area contributed by atoms with E-state index in [1.807, 2.05) is 0 Å². The van der Waals surface area contributed by atoms with Crippen molar-refractivity contribution in [2.24, 2.45) is 0 Å². The minimum absolute atomic E-state index is 0.0405. The van der Waals surface area contributed by atoms with Crippen LogP contribution in [0.5, 0.6) is 0 Å². The van der Waals surface area contributed by atoms with Gasteiger partial charge in [-0.3, -0.25) is 10.1 Å². The lowest BCUT2D eigenvalue weighted by atomic mass is 10.1. The molecule has 1 aliphatic rings. The van der Waals surface area contributed by atoms with Crippen molar-refractivity contribution in [3.05, 3.63) is 58.5 Å². The van der Waals surface area contributed by atoms with E-state index in [0.29, 0.717) is 16.4 Å². The van der Waals surface area contributed by atoms with E-state index in [0.717, 1.165) is 10.9 Å². The van der Waals surface area contributed by atoms with Crippen LogP contribution in [0.15, 0.2) is 47.9 Å². The molecular weight excluding hydrogens is 400 g/mol. The molecule has 11 heteroatoms. The van der Waals surface area contributed by atoms with E-state index in [2.05, 4.69) is 9.97 Å². The highest BCUT2D eigenvalue weighted by molar-refractivity contribution is 7.98. The predicted molar refractivity (Wildman–Crippen MR) is 103 cm³/mol. The SMILES string of the molecule is O=[N+]([O-])c1ccc(CSc2ncnc3c2ccn3[C@@H]2O[C@H](CO)[C@@H](O)[C@H]2O)cc1. The van der Waals surface area contributed by atoms with Gasteiger partial charge in [0, 0.05) is 24.1 Å². The van der Waals surface area contributed by atoms with Gasteiger partial charge in [0.1, 0.15) is 35.3 Å². The summed E-state index contributed by atoms with van der Waals surface area (Å²) < 4.78 is 7.19. The number of non-ortho nitro benzene ring substituents is 1. The number of aliphatic hydroxyl groups excluding tert-OH is 3. The maximum atomic E-state index is 10.8. The Morgan fingerprint density at radius 1 is 1.17 bits per heavy atom. The van der Waals surface area contributed by atoms with E-state index in [4.69, 9.17) is 4.74 Å². The molecule has 0 amide bonds. The summed E-state index contributed by atoms with van der Waals surface area (Å²) in [6, 6.07) is 8.12. The molecule has 1 fully saturated rings. The smallest absolute Gasteiger partial charge is 0.269 e. The second-order valence-electron chi connectivity index (χ2n) is 6.58. The summed E-state index contributed by atoms with van der Waals surface area (Å²) in [7, 11) is 0. The predicted octanol–water partition coefficient (Wildman–Crippen LogP) is 1.24. The summed E-state index contributed by atoms with van der Waals surface area (Å²) >= 11 is 1.45. The second-order valence-corrected chi connectivity index (χ2v) is 7.54. The van der Waals surface area contributed by atoms with Crippen molar-refractivity contribution in [1.82, 2.24) is 14.5 Å². The van der Waals surface area contributed by atoms with Crippen molar-refractivity contribution < 1.29 is 25.0 Å². The number of thioether (sulfide) groups is 1. The number of rotatable bonds is 6. The maximum Gasteiger partial charge on any atom is 0.269 e. The molecule has 4 atom stereocenters. The lowest BCUT2D eigenvalue weighted by molar-refractivity contribution is -0.384. The van der Waals surface area contributed by atoms with Gasteiger partial charge in [0.2, 0.25) is 0 Å². The molecule has 0 unspecified atom stereocenters. The van der Waals surface area contributed by atoms with Gasteiger partial charge in [0.05, 0.1) is 16.9 Å². The number of ether oxygens (including phenoxy) is 1. The van der Waals surface area contributed by atoms with Crippen molar-refractivity contribution >= 4 is 28.5 Å². The summed E-state index contributed by atoms with van der Waals surface area (Å²) in [4.78, 5) is 18.9. The van der Waals surface area contributed by atoms with E-state index < -0.39 is 36.1 Å². The third kappa shape index (κ3) is 3.70. The van der Waals surface area contributed by atoms with Crippen LogP contribution in [0.4, 0.5) is 5.69 Å². The fourth-order valence-corrected chi connectivity index (χ4v) is 4.18. The maximum absolute atomic E-state index is 10.8. The molecule has 1 aliphatic heterocycles. The van der Waals surface area contributed by atoms with Gasteiger partial charge in [-0.15, -0.1) is 11.8 Å². The van der Waals surface area contributed by atoms with Crippen LogP contribution in [0, 0.1) is 10.1 Å². The monoisotopic (exact) mass is 418 g/mol. The van der Waals surface area contributed by atoms with E-state index >= 15 is 0 Å². The minimum atomic E-state index is -1.20. The number of fused-ring (bicyclic) bond motifs is 1. The molecule has 3 N–H and O–H groups in total. The fourth-order valence-electron chi connectivity index (χ4n) is 3.24. The first-order valence-electron chi connectivity index (χ1n) is 8.79. The summed E-state index contributed by atoms with van der Waals surface area (Å²) in [6.07, 6.45) is -1.05. The summed E-state index contributed by atoms with van der Waals surface area (Å²) in [6.45, 7) is -0.404. The number of aliphatic hydroxyl groups is 3. The Morgan fingerprint density at radius 2 is 1.93 bits per heavy atom. The summed E-state index contributed by atoms with van der Waals surface area (Å²) in [5.41, 5.74) is 1.48. The van der Waals surface area contributed by atoms with Gasteiger partial charge in [-0.1, -0.05) is 12.1 Å². The van der Waals surface area contributed by atoms with Crippen molar-refractivity contribution in [3.8, 4) is 0 Å². The van der Waals surface area contributed by atoms with Crippen molar-refractivity contribution in [2.45, 2.75) is 35.3 Å². The molecule has 0 aliphatic carbocycles. The first-order valence-corrected chi connectivity index (χ1v) is 9.78. The highest BCUT2D eigenvalue weighted by Crippen LogP contribution is 2.34. The molecule has 0 radical (unpaired) electrons. The Morgan fingerprint density at radius 3 is 2.59 bits per heavy atom. The average Bonchev–Trinajstić information content (AvgIpc) is 3.28. The van der Waals surface area contributed by atoms with Crippen molar-refractivity contribution in [1.29, 1.82) is 0 Å². The minimum Gasteiger partial charge on any atom is -0.394 e. The molecular formula is C18H18N4O6S. The zero-order valence-electron chi connectivity index (χ0n) is 15.0. The van der Waals surface area contributed by atoms with Gasteiger partial charge in [0.15, 0.2) is 6.23 Å². The normalized spacial score (nSPS) is 24.2. The van der Waals surface area contributed by atoms with Crippen LogP contribution in [0.2, 0.25) is 0 Å². The molecule has 0 saturated carbocycles. The molecule has 3 aromatic rings. The lowest BCUT2D eigenvalue weighted by Crippen LogP contribution is -2.33. The quantitative estimate of drug-likeness (QED) is 0.233. The number of hydrogen-bond acceptors (Lipinski definition) is 9. The molecule has 152 valence electrons. The van der Waals surface area contributed by atoms with Crippen molar-refractivity contribution in [3.63, 3.8) is 0 Å². The van der Waals surface area contributed by atoms with E-state index in [-0.39, 0.29) is 5.69 Å². The molecule has 1 aromatic carbocycles. The van der Waals surface area contributed by atoms with Crippen LogP contribution in [-0.4, -0.2) is 59.7 Å². The summed E-state index contributed by atoms with van der Waals surface area (Å²) in [5.74, 6) is 0.559. The number of nitro groups is 1. The van der Waals surface area contributed by atoms with Crippen LogP contribution in [0.3, 0.4) is 0 Å². The average molecular weight is 418 g/mol. The van der Waals surface area contributed by atoms with Crippen LogP contribution >= 0.6 is 11.8 Å². The zero-order valence-corrected chi connectivity index (χ0v) is 15.8. The number of benzene rings is 1. The number of aromatic nitrogens is 3. The Hall–Kier alpha value is -2.57. The van der Waals surface area contributed by atoms with Crippen LogP contribution < -0.4 is 0 Å². The van der Waals surface area contributed by atoms with Crippen molar-refractivity contribution in [2.75, 3.05) is 6.61 Å². The summed E-state index contributed by atoms with van der Waals surface area (Å²) in [5, 5.41) is 41.8. The van der Waals surface area contributed by atoms with E-state index in [1.54, 1.807) is 29.0 Å². The lowest BCUT2D eigenvalue weighted by Gasteiger charge is -2.17. The van der Waals surface area contributed by atoms with Crippen LogP contribution in [-0.2, 0) is 10.5 Å². The number of nitrogens with zero attached hydrogens (tertiary/aromatic N) is 4. The van der Waals surface area contributed by atoms with Crippen LogP contribution in [0.1, 0.15) is 11.8 Å². The Kier molecular flexibility index (Phi) is 5.48. The standard InChI is InChI=1S/C18H18N4O6S/c23-7-13-14(24)15(25)18(28-13)21-6-5-12-16(21)19-9-20-17(12)29-8-10-1-3-11(4-2-10)22(26)27/h1-6,9,13-15,18,23-25H,7-8H2/t13-,14-,15-,18-/m1/s1. The van der Waals surface area contributed by atoms with Gasteiger partial charge < -0.3 is 24.6 Å². The third-order valence-electron chi connectivity index (χ3n) is 4.79. The first kappa shape index (κ1) is 19.7. The Balaban J connectivity index is 1.55. The molecule has 10 nitrogen and oxygen atoms in total. The number of nitro benzene ring substituents is 1. The van der Waals surface area contributed by atoms with Gasteiger partial charge in [-0.2, -0.15) is 0 Å². The second kappa shape index (κ2) is 8.05. The topological polar surface area (TPSA) is 144 Å². The molecule has 29 heavy (non-hydrogen) atoms. The Labute approximate surface area is 168 Å². The molecule has 1 saturated heterocycles. The molecule has 0 bridgehead atoms. The van der Waals surface area contributed by atoms with E-state index in [9.17, 15) is 25.4 Å². The van der Waals surface area contributed by atoms with Gasteiger partial charge >= 0.3 is 0 Å². The van der Waals surface area contributed by atoms with Crippen LogP contribution in [0.25, 0.3) is 11.0 Å². The van der Waals surface area contributed by atoms with Gasteiger partial charge in [-0.05, 0) is 11.6 Å². The molecule has 3 heterocycles. The molecule has 4 rings (SSSR count). The Bertz CT molecular complexity index is 1030. The van der Waals surface area contributed by atoms with E-state index in [1.165, 1.54) is 30.2 Å². The first-order chi connectivity index (χ1) is 14.0. The highest BCUT2D eigenvalue weighted by Gasteiger charge is 2.43. The largest absolute Gasteiger partial charge is 0.394 e. The molecule has 0 spiro atoms. The highest BCUT2D eigenvalue weighted by atomic mass is 32.2. The van der Waals surface area contributed by atoms with Gasteiger partial charge in [0.25, 0.3) is 5.69 Å².